The Morgan fingerprint density at radius 1 is 1.32 bits per heavy atom. The minimum Gasteiger partial charge on any atom is -0.349 e. The van der Waals surface area contributed by atoms with Gasteiger partial charge < -0.3 is 10.2 Å². The first-order valence-electron chi connectivity index (χ1n) is 7.69. The van der Waals surface area contributed by atoms with Crippen molar-refractivity contribution in [1.82, 2.24) is 10.3 Å². The van der Waals surface area contributed by atoms with Crippen LogP contribution in [-0.4, -0.2) is 33.9 Å². The van der Waals surface area contributed by atoms with E-state index in [9.17, 15) is 14.9 Å². The average Bonchev–Trinajstić information content (AvgIpc) is 2.97. The first-order chi connectivity index (χ1) is 11.9. The van der Waals surface area contributed by atoms with Crippen LogP contribution in [0.2, 0.25) is 0 Å². The normalized spacial score (nSPS) is 10.4. The van der Waals surface area contributed by atoms with Gasteiger partial charge in [-0.05, 0) is 32.9 Å². The van der Waals surface area contributed by atoms with Crippen molar-refractivity contribution in [1.29, 1.82) is 0 Å². The molecule has 0 bridgehead atoms. The SMILES string of the molecule is CCN(CC)c1nc(C)c(C(=S)NC(=O)c2ccc([N+](=O)[O-])cc2)s1. The van der Waals surface area contributed by atoms with Crippen LogP contribution in [0.4, 0.5) is 10.8 Å². The molecule has 2 aromatic rings. The van der Waals surface area contributed by atoms with E-state index in [-0.39, 0.29) is 5.69 Å². The zero-order valence-electron chi connectivity index (χ0n) is 14.1. The van der Waals surface area contributed by atoms with Gasteiger partial charge >= 0.3 is 0 Å². The minimum absolute atomic E-state index is 0.0682. The number of aromatic nitrogens is 1. The molecule has 1 heterocycles. The molecule has 0 spiro atoms. The average molecular weight is 378 g/mol. The van der Waals surface area contributed by atoms with Gasteiger partial charge in [-0.1, -0.05) is 23.6 Å². The Morgan fingerprint density at radius 2 is 1.92 bits per heavy atom. The van der Waals surface area contributed by atoms with E-state index in [1.807, 2.05) is 6.92 Å². The quantitative estimate of drug-likeness (QED) is 0.471. The van der Waals surface area contributed by atoms with Crippen molar-refractivity contribution >= 4 is 45.3 Å². The van der Waals surface area contributed by atoms with Crippen LogP contribution in [0.3, 0.4) is 0 Å². The van der Waals surface area contributed by atoms with E-state index in [1.165, 1.54) is 35.6 Å². The summed E-state index contributed by atoms with van der Waals surface area (Å²) in [6, 6.07) is 5.37. The summed E-state index contributed by atoms with van der Waals surface area (Å²) in [7, 11) is 0. The number of carbonyl (C=O) groups excluding carboxylic acids is 1. The Hall–Kier alpha value is -2.39. The summed E-state index contributed by atoms with van der Waals surface area (Å²) >= 11 is 6.77. The fourth-order valence-corrected chi connectivity index (χ4v) is 3.64. The Balaban J connectivity index is 2.13. The number of non-ortho nitro benzene ring substituents is 1. The summed E-state index contributed by atoms with van der Waals surface area (Å²) in [5, 5.41) is 14.2. The van der Waals surface area contributed by atoms with Crippen LogP contribution in [0.5, 0.6) is 0 Å². The Morgan fingerprint density at radius 3 is 2.44 bits per heavy atom. The third-order valence-electron chi connectivity index (χ3n) is 3.59. The Kier molecular flexibility index (Phi) is 6.16. The van der Waals surface area contributed by atoms with Crippen molar-refractivity contribution in [3.8, 4) is 0 Å². The molecule has 1 aromatic heterocycles. The maximum atomic E-state index is 12.3. The van der Waals surface area contributed by atoms with Gasteiger partial charge in [-0.2, -0.15) is 0 Å². The fraction of sp³-hybridized carbons (Fsp3) is 0.312. The number of amides is 1. The topological polar surface area (TPSA) is 88.4 Å². The van der Waals surface area contributed by atoms with Crippen LogP contribution >= 0.6 is 23.6 Å². The molecule has 0 radical (unpaired) electrons. The molecular weight excluding hydrogens is 360 g/mol. The van der Waals surface area contributed by atoms with E-state index in [4.69, 9.17) is 12.2 Å². The van der Waals surface area contributed by atoms with E-state index in [0.717, 1.165) is 28.8 Å². The van der Waals surface area contributed by atoms with Crippen molar-refractivity contribution in [2.24, 2.45) is 0 Å². The lowest BCUT2D eigenvalue weighted by Gasteiger charge is -2.16. The molecule has 0 aliphatic rings. The first-order valence-corrected chi connectivity index (χ1v) is 8.92. The summed E-state index contributed by atoms with van der Waals surface area (Å²) in [5.41, 5.74) is 1.00. The van der Waals surface area contributed by atoms with Crippen molar-refractivity contribution in [3.05, 3.63) is 50.5 Å². The van der Waals surface area contributed by atoms with Crippen molar-refractivity contribution < 1.29 is 9.72 Å². The van der Waals surface area contributed by atoms with Crippen LogP contribution in [0.25, 0.3) is 0 Å². The molecule has 0 fully saturated rings. The zero-order chi connectivity index (χ0) is 18.6. The van der Waals surface area contributed by atoms with Crippen molar-refractivity contribution in [2.45, 2.75) is 20.8 Å². The zero-order valence-corrected chi connectivity index (χ0v) is 15.7. The maximum Gasteiger partial charge on any atom is 0.269 e. The highest BCUT2D eigenvalue weighted by molar-refractivity contribution is 7.81. The number of nitrogens with zero attached hydrogens (tertiary/aromatic N) is 3. The number of nitro benzene ring substituents is 1. The number of carbonyl (C=O) groups is 1. The van der Waals surface area contributed by atoms with Gasteiger partial charge in [-0.25, -0.2) is 4.98 Å². The molecule has 1 aromatic carbocycles. The molecule has 2 rings (SSSR count). The van der Waals surface area contributed by atoms with E-state index in [0.29, 0.717) is 10.6 Å². The molecule has 0 atom stereocenters. The second-order valence-electron chi connectivity index (χ2n) is 5.17. The third-order valence-corrected chi connectivity index (χ3v) is 5.26. The van der Waals surface area contributed by atoms with Gasteiger partial charge in [-0.3, -0.25) is 14.9 Å². The maximum absolute atomic E-state index is 12.3. The molecule has 0 aliphatic carbocycles. The smallest absolute Gasteiger partial charge is 0.269 e. The molecule has 0 saturated carbocycles. The van der Waals surface area contributed by atoms with Crippen LogP contribution < -0.4 is 10.2 Å². The van der Waals surface area contributed by atoms with Gasteiger partial charge in [0.15, 0.2) is 5.13 Å². The predicted molar refractivity (Wildman–Crippen MR) is 103 cm³/mol. The molecule has 1 amide bonds. The number of hydrogen-bond donors (Lipinski definition) is 1. The van der Waals surface area contributed by atoms with Crippen LogP contribution in [0.15, 0.2) is 24.3 Å². The van der Waals surface area contributed by atoms with E-state index < -0.39 is 10.8 Å². The Bertz CT molecular complexity index is 798. The highest BCUT2D eigenvalue weighted by Crippen LogP contribution is 2.26. The van der Waals surface area contributed by atoms with Gasteiger partial charge in [0.05, 0.1) is 15.5 Å². The van der Waals surface area contributed by atoms with Gasteiger partial charge in [0.25, 0.3) is 11.6 Å². The fourth-order valence-electron chi connectivity index (χ4n) is 2.19. The number of aryl methyl sites for hydroxylation is 1. The number of benzene rings is 1. The molecule has 0 saturated heterocycles. The lowest BCUT2D eigenvalue weighted by atomic mass is 10.2. The molecule has 9 heteroatoms. The highest BCUT2D eigenvalue weighted by atomic mass is 32.1. The second-order valence-corrected chi connectivity index (χ2v) is 6.56. The number of thiocarbonyl (C=S) groups is 1. The van der Waals surface area contributed by atoms with E-state index in [1.54, 1.807) is 0 Å². The number of nitrogens with one attached hydrogen (secondary N) is 1. The lowest BCUT2D eigenvalue weighted by molar-refractivity contribution is -0.384. The minimum atomic E-state index is -0.512. The number of rotatable bonds is 6. The predicted octanol–water partition coefficient (Wildman–Crippen LogP) is 3.31. The molecule has 0 aliphatic heterocycles. The summed E-state index contributed by atoms with van der Waals surface area (Å²) in [5.74, 6) is -0.405. The molecule has 0 unspecified atom stereocenters. The standard InChI is InChI=1S/C16H18N4O3S2/c1-4-19(5-2)16-17-10(3)13(25-16)15(24)18-14(21)11-6-8-12(9-7-11)20(22)23/h6-9H,4-5H2,1-3H3,(H,18,21,24). The second kappa shape index (κ2) is 8.13. The molecule has 25 heavy (non-hydrogen) atoms. The van der Waals surface area contributed by atoms with Crippen molar-refractivity contribution in [2.75, 3.05) is 18.0 Å². The first kappa shape index (κ1) is 18.9. The number of hydrogen-bond acceptors (Lipinski definition) is 7. The Labute approximate surface area is 154 Å². The van der Waals surface area contributed by atoms with E-state index >= 15 is 0 Å². The summed E-state index contributed by atoms with van der Waals surface area (Å²) in [6.45, 7) is 7.63. The van der Waals surface area contributed by atoms with Gasteiger partial charge in [0.2, 0.25) is 0 Å². The largest absolute Gasteiger partial charge is 0.349 e. The highest BCUT2D eigenvalue weighted by Gasteiger charge is 2.18. The number of nitro groups is 1. The molecule has 132 valence electrons. The van der Waals surface area contributed by atoms with E-state index in [2.05, 4.69) is 29.0 Å². The van der Waals surface area contributed by atoms with Crippen LogP contribution in [0.1, 0.15) is 34.8 Å². The van der Waals surface area contributed by atoms with Gasteiger partial charge in [0, 0.05) is 30.8 Å². The van der Waals surface area contributed by atoms with Crippen LogP contribution in [-0.2, 0) is 0 Å². The molecule has 1 N–H and O–H groups in total. The third kappa shape index (κ3) is 4.37. The molecular formula is C16H18N4O3S2. The number of anilines is 1. The summed E-state index contributed by atoms with van der Waals surface area (Å²) in [4.78, 5) is 30.1. The summed E-state index contributed by atoms with van der Waals surface area (Å²) < 4.78 is 0. The summed E-state index contributed by atoms with van der Waals surface area (Å²) in [6.07, 6.45) is 0. The van der Waals surface area contributed by atoms with Crippen LogP contribution in [0, 0.1) is 17.0 Å². The van der Waals surface area contributed by atoms with Crippen molar-refractivity contribution in [3.63, 3.8) is 0 Å². The van der Waals surface area contributed by atoms with Gasteiger partial charge in [0.1, 0.15) is 4.99 Å². The van der Waals surface area contributed by atoms with Gasteiger partial charge in [-0.15, -0.1) is 0 Å². The lowest BCUT2D eigenvalue weighted by Crippen LogP contribution is -2.29. The monoisotopic (exact) mass is 378 g/mol. The molecule has 7 nitrogen and oxygen atoms in total. The number of thiazole rings is 1.